The molecule has 1 unspecified atom stereocenters. The summed E-state index contributed by atoms with van der Waals surface area (Å²) in [5.74, 6) is 0.742. The molecular formula is C16H22N2O2. The zero-order chi connectivity index (χ0) is 15.0. The molecule has 1 heterocycles. The van der Waals surface area contributed by atoms with Crippen LogP contribution in [-0.2, 0) is 0 Å². The lowest BCUT2D eigenvalue weighted by atomic mass is 10.0. The van der Waals surface area contributed by atoms with Gasteiger partial charge in [-0.05, 0) is 25.0 Å². The molecule has 0 aliphatic carbocycles. The Morgan fingerprint density at radius 1 is 1.20 bits per heavy atom. The Morgan fingerprint density at radius 3 is 2.35 bits per heavy atom. The van der Waals surface area contributed by atoms with Crippen LogP contribution < -0.4 is 0 Å². The van der Waals surface area contributed by atoms with Crippen molar-refractivity contribution < 1.29 is 9.90 Å². The van der Waals surface area contributed by atoms with Crippen molar-refractivity contribution >= 4 is 17.0 Å². The number of hydrogen-bond acceptors (Lipinski definition) is 2. The minimum Gasteiger partial charge on any atom is -0.478 e. The van der Waals surface area contributed by atoms with Gasteiger partial charge in [0.05, 0.1) is 11.1 Å². The Kier molecular flexibility index (Phi) is 3.84. The van der Waals surface area contributed by atoms with Crippen molar-refractivity contribution in [3.05, 3.63) is 29.6 Å². The topological polar surface area (TPSA) is 55.1 Å². The number of benzene rings is 1. The van der Waals surface area contributed by atoms with Crippen molar-refractivity contribution in [3.8, 4) is 0 Å². The molecule has 2 rings (SSSR count). The number of carboxylic acids is 1. The van der Waals surface area contributed by atoms with Gasteiger partial charge in [-0.2, -0.15) is 0 Å². The maximum absolute atomic E-state index is 11.4. The number of aromatic carboxylic acids is 1. The Balaban J connectivity index is 2.80. The monoisotopic (exact) mass is 274 g/mol. The van der Waals surface area contributed by atoms with Crippen LogP contribution in [0.5, 0.6) is 0 Å². The van der Waals surface area contributed by atoms with Gasteiger partial charge in [-0.3, -0.25) is 0 Å². The normalized spacial score (nSPS) is 13.3. The molecule has 1 atom stereocenters. The van der Waals surface area contributed by atoms with Crippen LogP contribution in [0.25, 0.3) is 11.0 Å². The van der Waals surface area contributed by atoms with Crippen LogP contribution in [0.3, 0.4) is 0 Å². The van der Waals surface area contributed by atoms with Gasteiger partial charge in [0, 0.05) is 12.0 Å². The molecule has 0 saturated heterocycles. The smallest absolute Gasteiger partial charge is 0.337 e. The van der Waals surface area contributed by atoms with Crippen molar-refractivity contribution in [2.45, 2.75) is 46.6 Å². The molecule has 0 radical (unpaired) electrons. The van der Waals surface area contributed by atoms with Crippen LogP contribution in [0, 0.1) is 5.92 Å². The van der Waals surface area contributed by atoms with E-state index in [4.69, 9.17) is 0 Å². The fourth-order valence-electron chi connectivity index (χ4n) is 2.44. The van der Waals surface area contributed by atoms with E-state index in [1.165, 1.54) is 0 Å². The molecule has 0 aliphatic rings. The van der Waals surface area contributed by atoms with Crippen LogP contribution in [-0.4, -0.2) is 20.6 Å². The molecule has 4 heteroatoms. The summed E-state index contributed by atoms with van der Waals surface area (Å²) in [6.45, 7) is 10.7. The quantitative estimate of drug-likeness (QED) is 0.914. The largest absolute Gasteiger partial charge is 0.478 e. The molecule has 1 N–H and O–H groups in total. The first-order chi connectivity index (χ1) is 9.34. The highest BCUT2D eigenvalue weighted by molar-refractivity contribution is 6.01. The van der Waals surface area contributed by atoms with Gasteiger partial charge in [-0.25, -0.2) is 9.78 Å². The van der Waals surface area contributed by atoms with Gasteiger partial charge < -0.3 is 9.67 Å². The summed E-state index contributed by atoms with van der Waals surface area (Å²) in [7, 11) is 0. The summed E-state index contributed by atoms with van der Waals surface area (Å²) in [6, 6.07) is 5.65. The van der Waals surface area contributed by atoms with Crippen molar-refractivity contribution in [2.24, 2.45) is 5.92 Å². The van der Waals surface area contributed by atoms with Crippen molar-refractivity contribution in [1.82, 2.24) is 9.55 Å². The molecule has 0 aliphatic heterocycles. The summed E-state index contributed by atoms with van der Waals surface area (Å²) in [5.41, 5.74) is 1.78. The van der Waals surface area contributed by atoms with Gasteiger partial charge >= 0.3 is 5.97 Å². The van der Waals surface area contributed by atoms with Crippen molar-refractivity contribution in [3.63, 3.8) is 0 Å². The van der Waals surface area contributed by atoms with E-state index in [1.54, 1.807) is 12.1 Å². The highest BCUT2D eigenvalue weighted by atomic mass is 16.4. The molecule has 2 aromatic rings. The zero-order valence-corrected chi connectivity index (χ0v) is 12.7. The number of imidazole rings is 1. The minimum atomic E-state index is -0.923. The second-order valence-electron chi connectivity index (χ2n) is 5.96. The van der Waals surface area contributed by atoms with Gasteiger partial charge in [-0.15, -0.1) is 0 Å². The van der Waals surface area contributed by atoms with Crippen LogP contribution in [0.2, 0.25) is 0 Å². The number of para-hydroxylation sites is 1. The first kappa shape index (κ1) is 14.6. The number of hydrogen-bond donors (Lipinski definition) is 1. The molecular weight excluding hydrogens is 252 g/mol. The lowest BCUT2D eigenvalue weighted by Gasteiger charge is -2.22. The summed E-state index contributed by atoms with van der Waals surface area (Å²) in [6.07, 6.45) is 0. The molecule has 0 bridgehead atoms. The first-order valence-electron chi connectivity index (χ1n) is 7.08. The van der Waals surface area contributed by atoms with E-state index in [-0.39, 0.29) is 17.5 Å². The summed E-state index contributed by atoms with van der Waals surface area (Å²) in [4.78, 5) is 16.0. The molecule has 108 valence electrons. The Morgan fingerprint density at radius 2 is 1.85 bits per heavy atom. The molecule has 1 aromatic carbocycles. The van der Waals surface area contributed by atoms with E-state index in [9.17, 15) is 9.90 Å². The predicted octanol–water partition coefficient (Wildman–Crippen LogP) is 4.07. The molecule has 0 spiro atoms. The predicted molar refractivity (Wildman–Crippen MR) is 80.3 cm³/mol. The summed E-state index contributed by atoms with van der Waals surface area (Å²) in [5, 5.41) is 9.32. The fourth-order valence-corrected chi connectivity index (χ4v) is 2.44. The van der Waals surface area contributed by atoms with Crippen LogP contribution in [0.4, 0.5) is 0 Å². The third-order valence-corrected chi connectivity index (χ3v) is 3.87. The molecule has 0 amide bonds. The van der Waals surface area contributed by atoms with E-state index in [0.717, 1.165) is 11.3 Å². The van der Waals surface area contributed by atoms with Crippen molar-refractivity contribution in [2.75, 3.05) is 0 Å². The molecule has 1 aromatic heterocycles. The van der Waals surface area contributed by atoms with Gasteiger partial charge in [0.1, 0.15) is 11.3 Å². The second kappa shape index (κ2) is 5.27. The number of carboxylic acid groups (broad SMARTS) is 1. The molecule has 4 nitrogen and oxygen atoms in total. The fraction of sp³-hybridized carbons (Fsp3) is 0.500. The first-order valence-corrected chi connectivity index (χ1v) is 7.08. The Bertz CT molecular complexity index is 641. The van der Waals surface area contributed by atoms with E-state index < -0.39 is 5.97 Å². The molecule has 0 fully saturated rings. The van der Waals surface area contributed by atoms with Crippen LogP contribution in [0.1, 0.15) is 62.8 Å². The standard InChI is InChI=1S/C16H22N2O2/c1-9(2)11(5)18-13-8-6-7-12(16(19)20)14(13)17-15(18)10(3)4/h6-11H,1-5H3,(H,19,20). The number of nitrogens with zero attached hydrogens (tertiary/aromatic N) is 2. The van der Waals surface area contributed by atoms with E-state index in [1.807, 2.05) is 6.07 Å². The lowest BCUT2D eigenvalue weighted by molar-refractivity contribution is 0.0699. The summed E-state index contributed by atoms with van der Waals surface area (Å²) < 4.78 is 2.19. The zero-order valence-electron chi connectivity index (χ0n) is 12.7. The average molecular weight is 274 g/mol. The maximum Gasteiger partial charge on any atom is 0.337 e. The third kappa shape index (κ3) is 2.30. The van der Waals surface area contributed by atoms with Crippen molar-refractivity contribution in [1.29, 1.82) is 0 Å². The minimum absolute atomic E-state index is 0.255. The third-order valence-electron chi connectivity index (χ3n) is 3.87. The van der Waals surface area contributed by atoms with Crippen LogP contribution >= 0.6 is 0 Å². The number of fused-ring (bicyclic) bond motifs is 1. The Labute approximate surface area is 119 Å². The molecule has 20 heavy (non-hydrogen) atoms. The Hall–Kier alpha value is -1.84. The number of carbonyl (C=O) groups is 1. The van der Waals surface area contributed by atoms with E-state index in [0.29, 0.717) is 11.4 Å². The number of rotatable bonds is 4. The number of aromatic nitrogens is 2. The van der Waals surface area contributed by atoms with Gasteiger partial charge in [0.25, 0.3) is 0 Å². The van der Waals surface area contributed by atoms with Crippen LogP contribution in [0.15, 0.2) is 18.2 Å². The van der Waals surface area contributed by atoms with Gasteiger partial charge in [0.2, 0.25) is 0 Å². The highest BCUT2D eigenvalue weighted by Crippen LogP contribution is 2.30. The highest BCUT2D eigenvalue weighted by Gasteiger charge is 2.22. The SMILES string of the molecule is CC(C)c1nc2c(C(=O)O)cccc2n1C(C)C(C)C. The average Bonchev–Trinajstić information content (AvgIpc) is 2.76. The van der Waals surface area contributed by atoms with Gasteiger partial charge in [0.15, 0.2) is 0 Å². The lowest BCUT2D eigenvalue weighted by Crippen LogP contribution is -2.15. The van der Waals surface area contributed by atoms with E-state index in [2.05, 4.69) is 44.2 Å². The summed E-state index contributed by atoms with van der Waals surface area (Å²) >= 11 is 0. The molecule has 0 saturated carbocycles. The second-order valence-corrected chi connectivity index (χ2v) is 5.96. The maximum atomic E-state index is 11.4. The van der Waals surface area contributed by atoms with Gasteiger partial charge in [-0.1, -0.05) is 33.8 Å². The van der Waals surface area contributed by atoms with E-state index >= 15 is 0 Å².